The molecule has 6 heteroatoms. The second-order valence-electron chi connectivity index (χ2n) is 5.65. The van der Waals surface area contributed by atoms with Gasteiger partial charge in [-0.1, -0.05) is 18.2 Å². The standard InChI is InChI=1S/C19H24N2O3S/c1-13-7-5-6-8-16(13)24-12-14(2)20-19(25)21-15-9-10-17(22-3)18(11-15)23-4/h5-11,14H,12H2,1-4H3,(H2,20,21,25)/t14-/m1/s1. The van der Waals surface area contributed by atoms with Crippen LogP contribution >= 0.6 is 12.2 Å². The first-order chi connectivity index (χ1) is 12.0. The third-order valence-corrected chi connectivity index (χ3v) is 3.82. The molecule has 2 aromatic carbocycles. The predicted octanol–water partition coefficient (Wildman–Crippen LogP) is 3.77. The van der Waals surface area contributed by atoms with Gasteiger partial charge in [0.1, 0.15) is 12.4 Å². The average Bonchev–Trinajstić information content (AvgIpc) is 2.60. The van der Waals surface area contributed by atoms with Crippen LogP contribution in [0.25, 0.3) is 0 Å². The lowest BCUT2D eigenvalue weighted by Gasteiger charge is -2.19. The summed E-state index contributed by atoms with van der Waals surface area (Å²) >= 11 is 5.36. The Balaban J connectivity index is 1.86. The quantitative estimate of drug-likeness (QED) is 0.733. The number of nitrogens with one attached hydrogen (secondary N) is 2. The molecule has 0 radical (unpaired) electrons. The number of thiocarbonyl (C=S) groups is 1. The Morgan fingerprint density at radius 3 is 2.44 bits per heavy atom. The highest BCUT2D eigenvalue weighted by molar-refractivity contribution is 7.80. The lowest BCUT2D eigenvalue weighted by molar-refractivity contribution is 0.285. The van der Waals surface area contributed by atoms with Crippen LogP contribution < -0.4 is 24.8 Å². The molecular formula is C19H24N2O3S. The van der Waals surface area contributed by atoms with Crippen molar-refractivity contribution >= 4 is 23.0 Å². The summed E-state index contributed by atoms with van der Waals surface area (Å²) in [5.41, 5.74) is 1.93. The predicted molar refractivity (Wildman–Crippen MR) is 105 cm³/mol. The van der Waals surface area contributed by atoms with Gasteiger partial charge in [-0.3, -0.25) is 0 Å². The molecule has 5 nitrogen and oxygen atoms in total. The normalized spacial score (nSPS) is 11.4. The molecule has 0 fully saturated rings. The smallest absolute Gasteiger partial charge is 0.171 e. The van der Waals surface area contributed by atoms with Crippen molar-refractivity contribution in [3.63, 3.8) is 0 Å². The molecule has 2 rings (SSSR count). The summed E-state index contributed by atoms with van der Waals surface area (Å²) in [6, 6.07) is 13.5. The molecule has 2 aromatic rings. The maximum atomic E-state index is 5.83. The highest BCUT2D eigenvalue weighted by Crippen LogP contribution is 2.29. The molecule has 0 saturated carbocycles. The number of anilines is 1. The maximum Gasteiger partial charge on any atom is 0.171 e. The van der Waals surface area contributed by atoms with Gasteiger partial charge in [0.25, 0.3) is 0 Å². The van der Waals surface area contributed by atoms with Crippen molar-refractivity contribution in [2.24, 2.45) is 0 Å². The number of aryl methyl sites for hydroxylation is 1. The summed E-state index contributed by atoms with van der Waals surface area (Å²) in [5.74, 6) is 2.20. The summed E-state index contributed by atoms with van der Waals surface area (Å²) in [7, 11) is 3.20. The fraction of sp³-hybridized carbons (Fsp3) is 0.316. The molecule has 0 saturated heterocycles. The van der Waals surface area contributed by atoms with E-state index < -0.39 is 0 Å². The summed E-state index contributed by atoms with van der Waals surface area (Å²) in [6.45, 7) is 4.55. The van der Waals surface area contributed by atoms with Gasteiger partial charge < -0.3 is 24.8 Å². The van der Waals surface area contributed by atoms with Gasteiger partial charge >= 0.3 is 0 Å². The molecule has 0 aliphatic heterocycles. The summed E-state index contributed by atoms with van der Waals surface area (Å²) in [4.78, 5) is 0. The van der Waals surface area contributed by atoms with Gasteiger partial charge in [0.2, 0.25) is 0 Å². The molecule has 0 aliphatic carbocycles. The minimum Gasteiger partial charge on any atom is -0.493 e. The number of para-hydroxylation sites is 1. The van der Waals surface area contributed by atoms with Gasteiger partial charge in [-0.15, -0.1) is 0 Å². The largest absolute Gasteiger partial charge is 0.493 e. The summed E-state index contributed by atoms with van der Waals surface area (Å²) in [6.07, 6.45) is 0. The van der Waals surface area contributed by atoms with Crippen LogP contribution in [0.2, 0.25) is 0 Å². The van der Waals surface area contributed by atoms with Crippen molar-refractivity contribution in [2.45, 2.75) is 19.9 Å². The van der Waals surface area contributed by atoms with Crippen LogP contribution in [-0.2, 0) is 0 Å². The number of benzene rings is 2. The Hall–Kier alpha value is -2.47. The van der Waals surface area contributed by atoms with Crippen molar-refractivity contribution in [1.29, 1.82) is 0 Å². The first-order valence-corrected chi connectivity index (χ1v) is 8.42. The molecule has 1 atom stereocenters. The van der Waals surface area contributed by atoms with Gasteiger partial charge in [0.15, 0.2) is 16.6 Å². The van der Waals surface area contributed by atoms with Crippen molar-refractivity contribution in [3.8, 4) is 17.2 Å². The highest BCUT2D eigenvalue weighted by atomic mass is 32.1. The highest BCUT2D eigenvalue weighted by Gasteiger charge is 2.09. The summed E-state index contributed by atoms with van der Waals surface area (Å²) in [5, 5.41) is 6.87. The first-order valence-electron chi connectivity index (χ1n) is 8.01. The van der Waals surface area contributed by atoms with Crippen molar-refractivity contribution < 1.29 is 14.2 Å². The van der Waals surface area contributed by atoms with E-state index in [9.17, 15) is 0 Å². The van der Waals surface area contributed by atoms with Gasteiger partial charge in [0, 0.05) is 11.8 Å². The topological polar surface area (TPSA) is 51.8 Å². The lowest BCUT2D eigenvalue weighted by Crippen LogP contribution is -2.39. The zero-order valence-electron chi connectivity index (χ0n) is 15.0. The SMILES string of the molecule is COc1ccc(NC(=S)N[C@H](C)COc2ccccc2C)cc1OC. The van der Waals surface area contributed by atoms with Gasteiger partial charge in [-0.2, -0.15) is 0 Å². The molecule has 0 unspecified atom stereocenters. The zero-order valence-corrected chi connectivity index (χ0v) is 15.8. The van der Waals surface area contributed by atoms with E-state index in [1.807, 2.05) is 56.3 Å². The van der Waals surface area contributed by atoms with E-state index in [4.69, 9.17) is 26.4 Å². The molecule has 0 spiro atoms. The van der Waals surface area contributed by atoms with Crippen molar-refractivity contribution in [3.05, 3.63) is 48.0 Å². The number of hydrogen-bond donors (Lipinski definition) is 2. The molecule has 0 aliphatic rings. The maximum absolute atomic E-state index is 5.83. The van der Waals surface area contributed by atoms with E-state index in [2.05, 4.69) is 10.6 Å². The Morgan fingerprint density at radius 1 is 1.04 bits per heavy atom. The van der Waals surface area contributed by atoms with Crippen LogP contribution in [-0.4, -0.2) is 32.0 Å². The molecule has 0 bridgehead atoms. The van der Waals surface area contributed by atoms with E-state index in [1.165, 1.54) is 0 Å². The van der Waals surface area contributed by atoms with E-state index in [0.717, 1.165) is 17.0 Å². The van der Waals surface area contributed by atoms with E-state index in [0.29, 0.717) is 23.2 Å². The molecule has 0 heterocycles. The molecule has 25 heavy (non-hydrogen) atoms. The Bertz CT molecular complexity index is 722. The third kappa shape index (κ3) is 5.53. The third-order valence-electron chi connectivity index (χ3n) is 3.60. The molecule has 0 aromatic heterocycles. The minimum absolute atomic E-state index is 0.0553. The summed E-state index contributed by atoms with van der Waals surface area (Å²) < 4.78 is 16.3. The molecule has 134 valence electrons. The fourth-order valence-electron chi connectivity index (χ4n) is 2.28. The number of hydrogen-bond acceptors (Lipinski definition) is 4. The van der Waals surface area contributed by atoms with E-state index in [1.54, 1.807) is 14.2 Å². The van der Waals surface area contributed by atoms with Crippen LogP contribution in [0.3, 0.4) is 0 Å². The fourth-order valence-corrected chi connectivity index (χ4v) is 2.60. The average molecular weight is 360 g/mol. The lowest BCUT2D eigenvalue weighted by atomic mass is 10.2. The first kappa shape index (κ1) is 18.9. The van der Waals surface area contributed by atoms with Crippen LogP contribution in [0.5, 0.6) is 17.2 Å². The monoisotopic (exact) mass is 360 g/mol. The Labute approximate surface area is 154 Å². The van der Waals surface area contributed by atoms with Gasteiger partial charge in [0.05, 0.1) is 20.3 Å². The van der Waals surface area contributed by atoms with Gasteiger partial charge in [-0.25, -0.2) is 0 Å². The van der Waals surface area contributed by atoms with Crippen LogP contribution in [0.4, 0.5) is 5.69 Å². The number of ether oxygens (including phenoxy) is 3. The second-order valence-corrected chi connectivity index (χ2v) is 6.05. The van der Waals surface area contributed by atoms with Crippen molar-refractivity contribution in [2.75, 3.05) is 26.1 Å². The van der Waals surface area contributed by atoms with Crippen LogP contribution in [0.1, 0.15) is 12.5 Å². The Morgan fingerprint density at radius 2 is 1.76 bits per heavy atom. The Kier molecular flexibility index (Phi) is 6.89. The van der Waals surface area contributed by atoms with Crippen molar-refractivity contribution in [1.82, 2.24) is 5.32 Å². The molecular weight excluding hydrogens is 336 g/mol. The number of rotatable bonds is 7. The van der Waals surface area contributed by atoms with E-state index >= 15 is 0 Å². The second kappa shape index (κ2) is 9.13. The zero-order chi connectivity index (χ0) is 18.2. The van der Waals surface area contributed by atoms with Crippen LogP contribution in [0.15, 0.2) is 42.5 Å². The van der Waals surface area contributed by atoms with Crippen LogP contribution in [0, 0.1) is 6.92 Å². The minimum atomic E-state index is 0.0553. The molecule has 2 N–H and O–H groups in total. The number of methoxy groups -OCH3 is 2. The van der Waals surface area contributed by atoms with Gasteiger partial charge in [-0.05, 0) is 49.8 Å². The van der Waals surface area contributed by atoms with E-state index in [-0.39, 0.29) is 6.04 Å². The molecule has 0 amide bonds.